The number of nitrogens with one attached hydrogen (secondary N) is 3. The summed E-state index contributed by atoms with van der Waals surface area (Å²) in [5.41, 5.74) is 1.18. The molecule has 1 saturated heterocycles. The van der Waals surface area contributed by atoms with Gasteiger partial charge >= 0.3 is 12.2 Å². The smallest absolute Gasteiger partial charge is 0.497 e. The molecular weight excluding hydrogens is 526 g/mol. The van der Waals surface area contributed by atoms with E-state index in [9.17, 15) is 14.4 Å². The van der Waals surface area contributed by atoms with Crippen LogP contribution in [0.4, 0.5) is 9.59 Å². The first-order valence-electron chi connectivity index (χ1n) is 14.7. The molecular formula is C30H43N5O6. The number of amides is 3. The van der Waals surface area contributed by atoms with Gasteiger partial charge in [0.25, 0.3) is 0 Å². The molecule has 2 heterocycles. The number of hydrogen-bond acceptors (Lipinski definition) is 7. The molecule has 3 N–H and O–H groups in total. The molecule has 11 heteroatoms. The highest BCUT2D eigenvalue weighted by molar-refractivity contribution is 5.87. The summed E-state index contributed by atoms with van der Waals surface area (Å²) in [6.07, 6.45) is 10.1. The molecule has 11 nitrogen and oxygen atoms in total. The summed E-state index contributed by atoms with van der Waals surface area (Å²) in [5.74, 6) is 0.822. The molecule has 0 bridgehead atoms. The van der Waals surface area contributed by atoms with E-state index in [2.05, 4.69) is 20.6 Å². The fourth-order valence-electron chi connectivity index (χ4n) is 6.00. The van der Waals surface area contributed by atoms with Crippen LogP contribution >= 0.6 is 0 Å². The number of benzene rings is 1. The van der Waals surface area contributed by atoms with Gasteiger partial charge in [0.1, 0.15) is 17.4 Å². The average molecular weight is 570 g/mol. The van der Waals surface area contributed by atoms with Gasteiger partial charge in [-0.1, -0.05) is 31.4 Å². The zero-order valence-electron chi connectivity index (χ0n) is 24.2. The van der Waals surface area contributed by atoms with Crippen LogP contribution in [0.2, 0.25) is 0 Å². The van der Waals surface area contributed by atoms with Gasteiger partial charge in [-0.3, -0.25) is 4.79 Å². The first-order chi connectivity index (χ1) is 19.9. The van der Waals surface area contributed by atoms with Gasteiger partial charge in [0.2, 0.25) is 5.91 Å². The van der Waals surface area contributed by atoms with Gasteiger partial charge in [0, 0.05) is 57.2 Å². The first-order valence-corrected chi connectivity index (χ1v) is 14.7. The number of aromatic nitrogens is 2. The summed E-state index contributed by atoms with van der Waals surface area (Å²) in [4.78, 5) is 47.9. The number of carbonyl (C=O) groups excluding carboxylic acids is 3. The van der Waals surface area contributed by atoms with Gasteiger partial charge in [-0.2, -0.15) is 0 Å². The van der Waals surface area contributed by atoms with Gasteiger partial charge in [-0.25, -0.2) is 14.6 Å². The minimum atomic E-state index is -0.760. The molecule has 2 fully saturated rings. The van der Waals surface area contributed by atoms with Crippen molar-refractivity contribution in [2.75, 3.05) is 33.4 Å². The van der Waals surface area contributed by atoms with Crippen molar-refractivity contribution in [2.24, 2.45) is 5.92 Å². The van der Waals surface area contributed by atoms with Crippen LogP contribution in [-0.2, 0) is 27.1 Å². The monoisotopic (exact) mass is 569 g/mol. The van der Waals surface area contributed by atoms with Crippen LogP contribution in [0.15, 0.2) is 36.8 Å². The van der Waals surface area contributed by atoms with Gasteiger partial charge in [0.05, 0.1) is 20.0 Å². The Morgan fingerprint density at radius 2 is 1.85 bits per heavy atom. The lowest BCUT2D eigenvalue weighted by Crippen LogP contribution is -2.58. The number of methoxy groups -OCH3 is 1. The molecule has 41 heavy (non-hydrogen) atoms. The van der Waals surface area contributed by atoms with E-state index in [0.717, 1.165) is 42.7 Å². The molecule has 1 aromatic carbocycles. The second kappa shape index (κ2) is 14.7. The fraction of sp³-hybridized carbons (Fsp3) is 0.600. The van der Waals surface area contributed by atoms with E-state index in [4.69, 9.17) is 14.2 Å². The zero-order chi connectivity index (χ0) is 29.1. The minimum absolute atomic E-state index is 0.155. The summed E-state index contributed by atoms with van der Waals surface area (Å²) in [6.45, 7) is 3.30. The molecule has 0 spiro atoms. The van der Waals surface area contributed by atoms with Gasteiger partial charge in [0.15, 0.2) is 0 Å². The van der Waals surface area contributed by atoms with E-state index in [1.54, 1.807) is 31.5 Å². The number of aromatic amines is 1. The first kappa shape index (κ1) is 30.2. The van der Waals surface area contributed by atoms with E-state index in [1.165, 1.54) is 6.42 Å². The van der Waals surface area contributed by atoms with Crippen molar-refractivity contribution in [1.82, 2.24) is 25.5 Å². The Morgan fingerprint density at radius 1 is 1.12 bits per heavy atom. The molecule has 224 valence electrons. The Hall–Kier alpha value is -3.76. The summed E-state index contributed by atoms with van der Waals surface area (Å²) in [6, 6.07) is 6.31. The maximum Gasteiger partial charge on any atom is 0.508 e. The molecule has 1 aromatic heterocycles. The van der Waals surface area contributed by atoms with Gasteiger partial charge in [-0.05, 0) is 43.4 Å². The second-order valence-corrected chi connectivity index (χ2v) is 10.8. The number of H-pyrrole nitrogens is 1. The van der Waals surface area contributed by atoms with Crippen LogP contribution in [-0.4, -0.2) is 78.0 Å². The van der Waals surface area contributed by atoms with Crippen molar-refractivity contribution in [3.8, 4) is 5.75 Å². The van der Waals surface area contributed by atoms with Crippen LogP contribution in [0, 0.1) is 5.92 Å². The number of hydrogen-bond donors (Lipinski definition) is 3. The van der Waals surface area contributed by atoms with Crippen molar-refractivity contribution in [3.63, 3.8) is 0 Å². The number of nitrogens with zero attached hydrogens (tertiary/aromatic N) is 2. The van der Waals surface area contributed by atoms with Crippen LogP contribution in [0.3, 0.4) is 0 Å². The average Bonchev–Trinajstić information content (AvgIpc) is 3.51. The summed E-state index contributed by atoms with van der Waals surface area (Å²) >= 11 is 0. The second-order valence-electron chi connectivity index (χ2n) is 10.8. The molecule has 4 rings (SSSR count). The topological polar surface area (TPSA) is 135 Å². The van der Waals surface area contributed by atoms with Crippen LogP contribution < -0.4 is 15.4 Å². The Balaban J connectivity index is 1.42. The Kier molecular flexibility index (Phi) is 10.9. The molecule has 2 aliphatic rings. The van der Waals surface area contributed by atoms with Gasteiger partial charge in [-0.15, -0.1) is 0 Å². The highest BCUT2D eigenvalue weighted by atomic mass is 16.7. The lowest BCUT2D eigenvalue weighted by Gasteiger charge is -2.47. The number of piperidine rings is 1. The van der Waals surface area contributed by atoms with E-state index < -0.39 is 23.8 Å². The fourth-order valence-corrected chi connectivity index (χ4v) is 6.00. The highest BCUT2D eigenvalue weighted by Crippen LogP contribution is 2.42. The molecule has 2 aromatic rings. The summed E-state index contributed by atoms with van der Waals surface area (Å²) in [5, 5.41) is 5.74. The SMILES string of the molecule is CCOC(=O)OC1(C2CCCCC2)CCN(C(=O)[C@H](Cc2ccc(OC)cc2)NC(=O)NCCc2cnc[nH]2)CC1. The molecule has 0 radical (unpaired) electrons. The van der Waals surface area contributed by atoms with Crippen LogP contribution in [0.1, 0.15) is 63.1 Å². The van der Waals surface area contributed by atoms with Crippen molar-refractivity contribution in [1.29, 1.82) is 0 Å². The van der Waals surface area contributed by atoms with Crippen molar-refractivity contribution >= 4 is 18.1 Å². The minimum Gasteiger partial charge on any atom is -0.497 e. The predicted octanol–water partition coefficient (Wildman–Crippen LogP) is 3.99. The van der Waals surface area contributed by atoms with E-state index in [-0.39, 0.29) is 18.4 Å². The maximum absolute atomic E-state index is 13.8. The third kappa shape index (κ3) is 8.37. The Labute approximate surface area is 241 Å². The molecule has 1 aliphatic heterocycles. The normalized spacial score (nSPS) is 17.8. The van der Waals surface area contributed by atoms with E-state index in [1.807, 2.05) is 24.3 Å². The number of ether oxygens (including phenoxy) is 3. The quantitative estimate of drug-likeness (QED) is 0.348. The Morgan fingerprint density at radius 3 is 2.49 bits per heavy atom. The largest absolute Gasteiger partial charge is 0.508 e. The maximum atomic E-state index is 13.8. The van der Waals surface area contributed by atoms with Crippen molar-refractivity contribution in [3.05, 3.63) is 48.0 Å². The molecule has 0 unspecified atom stereocenters. The van der Waals surface area contributed by atoms with Gasteiger partial charge < -0.3 is 34.7 Å². The highest BCUT2D eigenvalue weighted by Gasteiger charge is 2.46. The Bertz CT molecular complexity index is 1110. The number of urea groups is 1. The lowest BCUT2D eigenvalue weighted by molar-refractivity contribution is -0.143. The number of carbonyl (C=O) groups is 3. The third-order valence-electron chi connectivity index (χ3n) is 8.26. The number of imidazole rings is 1. The molecule has 1 atom stereocenters. The van der Waals surface area contributed by atoms with Crippen LogP contribution in [0.25, 0.3) is 0 Å². The van der Waals surface area contributed by atoms with E-state index in [0.29, 0.717) is 45.3 Å². The van der Waals surface area contributed by atoms with E-state index >= 15 is 0 Å². The van der Waals surface area contributed by atoms with Crippen LogP contribution in [0.5, 0.6) is 5.75 Å². The third-order valence-corrected chi connectivity index (χ3v) is 8.26. The van der Waals surface area contributed by atoms with Crippen molar-refractivity contribution < 1.29 is 28.6 Å². The van der Waals surface area contributed by atoms with Crippen molar-refractivity contribution in [2.45, 2.75) is 76.4 Å². The molecule has 1 saturated carbocycles. The number of likely N-dealkylation sites (tertiary alicyclic amines) is 1. The zero-order valence-corrected chi connectivity index (χ0v) is 24.2. The molecule has 3 amide bonds. The number of rotatable bonds is 11. The summed E-state index contributed by atoms with van der Waals surface area (Å²) in [7, 11) is 1.60. The standard InChI is InChI=1S/C30H43N5O6/c1-3-40-29(38)41-30(23-7-5-4-6-8-23)14-17-35(18-15-30)27(36)26(19-22-9-11-25(39-2)12-10-22)34-28(37)32-16-13-24-20-31-21-33-24/h9-12,20-21,23,26H,3-8,13-19H2,1-2H3,(H,31,33)(H2,32,34,37)/t26-/m0/s1. The summed E-state index contributed by atoms with van der Waals surface area (Å²) < 4.78 is 16.4. The molecule has 1 aliphatic carbocycles. The predicted molar refractivity (Wildman–Crippen MR) is 153 cm³/mol. The lowest BCUT2D eigenvalue weighted by atomic mass is 9.72.